The fourth-order valence-corrected chi connectivity index (χ4v) is 6.95. The lowest BCUT2D eigenvalue weighted by molar-refractivity contribution is 0.00578. The van der Waals surface area contributed by atoms with E-state index in [0.29, 0.717) is 0 Å². The van der Waals surface area contributed by atoms with Crippen LogP contribution in [-0.4, -0.2) is 18.3 Å². The quantitative estimate of drug-likeness (QED) is 0.199. The first-order valence-electron chi connectivity index (χ1n) is 14.4. The second kappa shape index (κ2) is 8.45. The van der Waals surface area contributed by atoms with Crippen molar-refractivity contribution in [3.63, 3.8) is 0 Å². The molecule has 0 amide bonds. The molecule has 0 aromatic heterocycles. The number of ether oxygens (including phenoxy) is 1. The molecule has 5 aromatic carbocycles. The van der Waals surface area contributed by atoms with E-state index in [9.17, 15) is 0 Å². The van der Waals surface area contributed by atoms with Gasteiger partial charge in [-0.3, -0.25) is 0 Å². The molecule has 200 valence electrons. The lowest BCUT2D eigenvalue weighted by Crippen LogP contribution is -2.41. The first-order valence-corrected chi connectivity index (χ1v) is 14.4. The van der Waals surface area contributed by atoms with Crippen LogP contribution < -0.4 is 10.2 Å². The molecular formula is C37H31BO3. The number of para-hydroxylation sites is 2. The first-order chi connectivity index (χ1) is 19.8. The molecule has 0 atom stereocenters. The van der Waals surface area contributed by atoms with Gasteiger partial charge in [0.05, 0.1) is 16.6 Å². The number of hydrogen-bond donors (Lipinski definition) is 0. The maximum Gasteiger partial charge on any atom is 0.494 e. The van der Waals surface area contributed by atoms with Crippen LogP contribution in [0.15, 0.2) is 115 Å². The zero-order valence-electron chi connectivity index (χ0n) is 23.8. The highest BCUT2D eigenvalue weighted by atomic mass is 16.7. The van der Waals surface area contributed by atoms with Crippen LogP contribution in [0.1, 0.15) is 49.9 Å². The summed E-state index contributed by atoms with van der Waals surface area (Å²) in [5.74, 6) is 1.75. The molecule has 5 aromatic rings. The Morgan fingerprint density at radius 3 is 1.51 bits per heavy atom. The SMILES string of the molecule is CC1(C)OB(c2ccc3c(c2)C2(c4ccccc4Oc4ccccc42)c2ccccc2-c2ccccc2-3)OC1(C)C. The van der Waals surface area contributed by atoms with Gasteiger partial charge in [0.1, 0.15) is 11.5 Å². The summed E-state index contributed by atoms with van der Waals surface area (Å²) in [4.78, 5) is 0. The molecule has 8 rings (SSSR count). The highest BCUT2D eigenvalue weighted by Gasteiger charge is 2.53. The van der Waals surface area contributed by atoms with Crippen molar-refractivity contribution in [2.75, 3.05) is 0 Å². The standard InChI is InChI=1S/C37H31BO3/c1-35(2)36(3,4)41-38(40-35)24-21-22-28-26-14-6-5-13-25(26)27-15-7-8-16-29(27)37(32(28)23-24)30-17-9-11-19-33(30)39-34-20-12-10-18-31(34)37/h5-23H,1-4H3. The molecule has 0 N–H and O–H groups in total. The Labute approximate surface area is 241 Å². The predicted molar refractivity (Wildman–Crippen MR) is 165 cm³/mol. The third kappa shape index (κ3) is 3.29. The van der Waals surface area contributed by atoms with Crippen LogP contribution in [0.3, 0.4) is 0 Å². The summed E-state index contributed by atoms with van der Waals surface area (Å²) in [6.45, 7) is 8.43. The third-order valence-corrected chi connectivity index (χ3v) is 9.61. The van der Waals surface area contributed by atoms with Crippen LogP contribution in [0.25, 0.3) is 22.3 Å². The van der Waals surface area contributed by atoms with E-state index in [1.807, 2.05) is 0 Å². The van der Waals surface area contributed by atoms with Gasteiger partial charge in [-0.1, -0.05) is 103 Å². The summed E-state index contributed by atoms with van der Waals surface area (Å²) in [6.07, 6.45) is 0. The molecule has 0 unspecified atom stereocenters. The molecule has 1 aliphatic carbocycles. The van der Waals surface area contributed by atoms with Gasteiger partial charge in [0, 0.05) is 11.1 Å². The van der Waals surface area contributed by atoms with Gasteiger partial charge in [-0.25, -0.2) is 0 Å². The molecule has 3 nitrogen and oxygen atoms in total. The minimum Gasteiger partial charge on any atom is -0.457 e. The van der Waals surface area contributed by atoms with E-state index < -0.39 is 23.7 Å². The highest BCUT2D eigenvalue weighted by Crippen LogP contribution is 2.60. The smallest absolute Gasteiger partial charge is 0.457 e. The lowest BCUT2D eigenvalue weighted by Gasteiger charge is -2.42. The van der Waals surface area contributed by atoms with Crippen molar-refractivity contribution in [3.05, 3.63) is 138 Å². The fourth-order valence-electron chi connectivity index (χ4n) is 6.95. The molecule has 1 fully saturated rings. The van der Waals surface area contributed by atoms with Crippen molar-refractivity contribution in [1.82, 2.24) is 0 Å². The predicted octanol–water partition coefficient (Wildman–Crippen LogP) is 8.12. The van der Waals surface area contributed by atoms with Gasteiger partial charge in [0.15, 0.2) is 0 Å². The molecule has 0 saturated carbocycles. The van der Waals surface area contributed by atoms with Crippen molar-refractivity contribution in [2.45, 2.75) is 44.3 Å². The molecule has 3 aliphatic rings. The van der Waals surface area contributed by atoms with Crippen LogP contribution in [0.4, 0.5) is 0 Å². The third-order valence-electron chi connectivity index (χ3n) is 9.61. The summed E-state index contributed by atoms with van der Waals surface area (Å²) in [6, 6.07) is 41.4. The van der Waals surface area contributed by atoms with Crippen LogP contribution in [0.2, 0.25) is 0 Å². The van der Waals surface area contributed by atoms with Gasteiger partial charge in [-0.15, -0.1) is 0 Å². The van der Waals surface area contributed by atoms with Gasteiger partial charge < -0.3 is 14.0 Å². The van der Waals surface area contributed by atoms with Gasteiger partial charge in [0.2, 0.25) is 0 Å². The van der Waals surface area contributed by atoms with Crippen molar-refractivity contribution >= 4 is 12.6 Å². The Morgan fingerprint density at radius 2 is 0.927 bits per heavy atom. The highest BCUT2D eigenvalue weighted by molar-refractivity contribution is 6.62. The summed E-state index contributed by atoms with van der Waals surface area (Å²) in [5, 5.41) is 0. The molecule has 2 heterocycles. The van der Waals surface area contributed by atoms with Gasteiger partial charge in [-0.2, -0.15) is 0 Å². The van der Waals surface area contributed by atoms with E-state index in [1.165, 1.54) is 33.4 Å². The molecule has 41 heavy (non-hydrogen) atoms. The van der Waals surface area contributed by atoms with Gasteiger partial charge in [0.25, 0.3) is 0 Å². The second-order valence-corrected chi connectivity index (χ2v) is 12.3. The Bertz CT molecular complexity index is 1790. The van der Waals surface area contributed by atoms with E-state index >= 15 is 0 Å². The van der Waals surface area contributed by atoms with Crippen LogP contribution in [0, 0.1) is 0 Å². The van der Waals surface area contributed by atoms with Crippen molar-refractivity contribution in [1.29, 1.82) is 0 Å². The molecule has 2 aliphatic heterocycles. The fraction of sp³-hybridized carbons (Fsp3) is 0.189. The monoisotopic (exact) mass is 534 g/mol. The Kier molecular flexibility index (Phi) is 5.08. The van der Waals surface area contributed by atoms with Crippen molar-refractivity contribution in [2.24, 2.45) is 0 Å². The summed E-state index contributed by atoms with van der Waals surface area (Å²) in [7, 11) is -0.471. The zero-order valence-corrected chi connectivity index (χ0v) is 23.8. The molecule has 1 spiro atoms. The second-order valence-electron chi connectivity index (χ2n) is 12.3. The number of benzene rings is 5. The van der Waals surface area contributed by atoms with Crippen LogP contribution >= 0.6 is 0 Å². The van der Waals surface area contributed by atoms with E-state index in [-0.39, 0.29) is 0 Å². The summed E-state index contributed by atoms with van der Waals surface area (Å²) in [5.41, 5.74) is 9.09. The van der Waals surface area contributed by atoms with Crippen LogP contribution in [0.5, 0.6) is 11.5 Å². The van der Waals surface area contributed by atoms with Gasteiger partial charge >= 0.3 is 7.12 Å². The average Bonchev–Trinajstić information content (AvgIpc) is 3.15. The van der Waals surface area contributed by atoms with E-state index in [2.05, 4.69) is 143 Å². The van der Waals surface area contributed by atoms with Gasteiger partial charge in [-0.05, 0) is 78.7 Å². The van der Waals surface area contributed by atoms with Crippen molar-refractivity contribution < 1.29 is 14.0 Å². The number of hydrogen-bond acceptors (Lipinski definition) is 3. The Morgan fingerprint density at radius 1 is 0.463 bits per heavy atom. The Balaban J connectivity index is 1.53. The molecule has 4 heteroatoms. The average molecular weight is 534 g/mol. The Hall–Kier alpha value is -4.12. The van der Waals surface area contributed by atoms with Crippen molar-refractivity contribution in [3.8, 4) is 33.8 Å². The molecular weight excluding hydrogens is 503 g/mol. The summed E-state index contributed by atoms with van der Waals surface area (Å²) < 4.78 is 19.7. The maximum atomic E-state index is 6.59. The minimum absolute atomic E-state index is 0.431. The summed E-state index contributed by atoms with van der Waals surface area (Å²) >= 11 is 0. The molecule has 0 radical (unpaired) electrons. The van der Waals surface area contributed by atoms with E-state index in [1.54, 1.807) is 0 Å². The molecule has 0 bridgehead atoms. The largest absolute Gasteiger partial charge is 0.494 e. The van der Waals surface area contributed by atoms with E-state index in [4.69, 9.17) is 14.0 Å². The maximum absolute atomic E-state index is 6.59. The number of fused-ring (bicyclic) bond motifs is 11. The minimum atomic E-state index is -0.629. The van der Waals surface area contributed by atoms with Crippen LogP contribution in [-0.2, 0) is 14.7 Å². The number of rotatable bonds is 1. The first kappa shape index (κ1) is 24.7. The zero-order chi connectivity index (χ0) is 28.0. The van der Waals surface area contributed by atoms with E-state index in [0.717, 1.165) is 28.1 Å². The molecule has 1 saturated heterocycles. The lowest BCUT2D eigenvalue weighted by atomic mass is 9.61. The normalized spacial score (nSPS) is 18.3. The topological polar surface area (TPSA) is 27.7 Å².